The number of nitrogens with zero attached hydrogens (tertiary/aromatic N) is 4. The monoisotopic (exact) mass is 567 g/mol. The third kappa shape index (κ3) is 6.97. The van der Waals surface area contributed by atoms with Gasteiger partial charge >= 0.3 is 6.18 Å². The lowest BCUT2D eigenvalue weighted by molar-refractivity contribution is -0.181. The van der Waals surface area contributed by atoms with Gasteiger partial charge < -0.3 is 15.1 Å². The van der Waals surface area contributed by atoms with Crippen LogP contribution in [-0.2, 0) is 17.8 Å². The Morgan fingerprint density at radius 2 is 1.75 bits per heavy atom. The van der Waals surface area contributed by atoms with Gasteiger partial charge in [0.1, 0.15) is 6.04 Å². The number of fused-ring (bicyclic) bond motifs is 1. The van der Waals surface area contributed by atoms with Gasteiger partial charge in [0.2, 0.25) is 5.91 Å². The van der Waals surface area contributed by atoms with Crippen LogP contribution < -0.4 is 5.32 Å². The van der Waals surface area contributed by atoms with E-state index in [4.69, 9.17) is 0 Å². The number of halogens is 4. The molecule has 0 saturated carbocycles. The van der Waals surface area contributed by atoms with Gasteiger partial charge in [0, 0.05) is 59.3 Å². The summed E-state index contributed by atoms with van der Waals surface area (Å²) in [5.74, 6) is 0.833. The lowest BCUT2D eigenvalue weighted by Crippen LogP contribution is -2.56. The standard InChI is InChI=1S/C22H32F3N5O.HI/c1-17(22(23,24)25)28-12-14-29(15-13-28)21(26-2)27-10-5-8-20(31)30-11-9-18-6-3-4-7-19(18)16-30;/h3-4,6-7,17H,5,8-16H2,1-2H3,(H,26,27);1H. The maximum absolute atomic E-state index is 12.9. The van der Waals surface area contributed by atoms with Gasteiger partial charge in [-0.05, 0) is 30.9 Å². The second-order valence-electron chi connectivity index (χ2n) is 8.15. The summed E-state index contributed by atoms with van der Waals surface area (Å²) in [7, 11) is 1.67. The number of alkyl halides is 3. The highest BCUT2D eigenvalue weighted by molar-refractivity contribution is 14.0. The average molecular weight is 567 g/mol. The molecule has 2 heterocycles. The summed E-state index contributed by atoms with van der Waals surface area (Å²) in [6.45, 7) is 4.91. The van der Waals surface area contributed by atoms with Gasteiger partial charge in [-0.2, -0.15) is 13.2 Å². The van der Waals surface area contributed by atoms with Crippen LogP contribution >= 0.6 is 24.0 Å². The molecule has 1 unspecified atom stereocenters. The highest BCUT2D eigenvalue weighted by atomic mass is 127. The molecule has 1 atom stereocenters. The topological polar surface area (TPSA) is 51.2 Å². The Hall–Kier alpha value is -1.56. The first-order valence-corrected chi connectivity index (χ1v) is 10.9. The Balaban J connectivity index is 0.00000363. The van der Waals surface area contributed by atoms with E-state index in [0.29, 0.717) is 58.1 Å². The first-order valence-electron chi connectivity index (χ1n) is 10.9. The summed E-state index contributed by atoms with van der Waals surface area (Å²) in [6.07, 6.45) is -2.17. The van der Waals surface area contributed by atoms with Gasteiger partial charge in [0.05, 0.1) is 0 Å². The van der Waals surface area contributed by atoms with Gasteiger partial charge in [0.15, 0.2) is 5.96 Å². The minimum absolute atomic E-state index is 0. The number of amides is 1. The fourth-order valence-electron chi connectivity index (χ4n) is 4.17. The van der Waals surface area contributed by atoms with Gasteiger partial charge in [-0.1, -0.05) is 24.3 Å². The van der Waals surface area contributed by atoms with Gasteiger partial charge in [0.25, 0.3) is 0 Å². The van der Waals surface area contributed by atoms with Crippen LogP contribution in [0.4, 0.5) is 13.2 Å². The molecule has 1 N–H and O–H groups in total. The van der Waals surface area contributed by atoms with Crippen LogP contribution in [0.5, 0.6) is 0 Å². The van der Waals surface area contributed by atoms with E-state index >= 15 is 0 Å². The molecule has 1 saturated heterocycles. The van der Waals surface area contributed by atoms with Crippen molar-refractivity contribution < 1.29 is 18.0 Å². The molecule has 1 fully saturated rings. The molecule has 0 spiro atoms. The summed E-state index contributed by atoms with van der Waals surface area (Å²) in [4.78, 5) is 22.2. The van der Waals surface area contributed by atoms with Crippen molar-refractivity contribution in [1.29, 1.82) is 0 Å². The molecule has 32 heavy (non-hydrogen) atoms. The third-order valence-corrected chi connectivity index (χ3v) is 6.18. The summed E-state index contributed by atoms with van der Waals surface area (Å²) in [5, 5.41) is 3.25. The van der Waals surface area contributed by atoms with E-state index in [2.05, 4.69) is 22.4 Å². The van der Waals surface area contributed by atoms with Crippen LogP contribution in [-0.4, -0.2) is 85.1 Å². The Morgan fingerprint density at radius 1 is 1.09 bits per heavy atom. The molecule has 6 nitrogen and oxygen atoms in total. The molecular formula is C22H33F3IN5O. The van der Waals surface area contributed by atoms with E-state index in [1.165, 1.54) is 23.0 Å². The number of carbonyl (C=O) groups excluding carboxylic acids is 1. The zero-order chi connectivity index (χ0) is 22.4. The first-order chi connectivity index (χ1) is 14.8. The second kappa shape index (κ2) is 12.1. The van der Waals surface area contributed by atoms with Crippen molar-refractivity contribution in [2.45, 2.75) is 44.9 Å². The molecule has 10 heteroatoms. The van der Waals surface area contributed by atoms with Crippen molar-refractivity contribution in [1.82, 2.24) is 20.0 Å². The summed E-state index contributed by atoms with van der Waals surface area (Å²) in [6, 6.07) is 6.81. The zero-order valence-electron chi connectivity index (χ0n) is 18.7. The van der Waals surface area contributed by atoms with E-state index in [9.17, 15) is 18.0 Å². The largest absolute Gasteiger partial charge is 0.403 e. The van der Waals surface area contributed by atoms with Gasteiger partial charge in [-0.25, -0.2) is 0 Å². The molecule has 2 aliphatic rings. The lowest BCUT2D eigenvalue weighted by Gasteiger charge is -2.39. The lowest BCUT2D eigenvalue weighted by atomic mass is 9.99. The van der Waals surface area contributed by atoms with Crippen molar-refractivity contribution in [3.63, 3.8) is 0 Å². The maximum Gasteiger partial charge on any atom is 0.403 e. The van der Waals surface area contributed by atoms with Crippen LogP contribution in [0.2, 0.25) is 0 Å². The van der Waals surface area contributed by atoms with Crippen LogP contribution in [0.1, 0.15) is 30.9 Å². The molecule has 0 aliphatic carbocycles. The molecule has 1 amide bonds. The highest BCUT2D eigenvalue weighted by Gasteiger charge is 2.41. The Morgan fingerprint density at radius 3 is 2.38 bits per heavy atom. The van der Waals surface area contributed by atoms with E-state index < -0.39 is 12.2 Å². The van der Waals surface area contributed by atoms with Crippen LogP contribution in [0.25, 0.3) is 0 Å². The third-order valence-electron chi connectivity index (χ3n) is 6.18. The van der Waals surface area contributed by atoms with E-state index in [-0.39, 0.29) is 29.9 Å². The molecule has 0 radical (unpaired) electrons. The molecule has 0 aromatic heterocycles. The first kappa shape index (κ1) is 26.7. The molecule has 0 bridgehead atoms. The summed E-state index contributed by atoms with van der Waals surface area (Å²) in [5.41, 5.74) is 2.54. The summed E-state index contributed by atoms with van der Waals surface area (Å²) < 4.78 is 38.7. The Kier molecular flexibility index (Phi) is 10.1. The SMILES string of the molecule is CN=C(NCCCC(=O)N1CCc2ccccc2C1)N1CCN(C(C)C(F)(F)F)CC1.I. The van der Waals surface area contributed by atoms with E-state index in [1.807, 2.05) is 21.9 Å². The quantitative estimate of drug-likeness (QED) is 0.257. The minimum atomic E-state index is -4.20. The molecular weight excluding hydrogens is 534 g/mol. The fourth-order valence-corrected chi connectivity index (χ4v) is 4.17. The van der Waals surface area contributed by atoms with Crippen molar-refractivity contribution in [2.75, 3.05) is 46.3 Å². The number of rotatable bonds is 5. The number of benzene rings is 1. The average Bonchev–Trinajstić information content (AvgIpc) is 2.77. The zero-order valence-corrected chi connectivity index (χ0v) is 21.0. The molecule has 180 valence electrons. The van der Waals surface area contributed by atoms with Crippen molar-refractivity contribution >= 4 is 35.8 Å². The predicted octanol–water partition coefficient (Wildman–Crippen LogP) is 3.11. The smallest absolute Gasteiger partial charge is 0.356 e. The van der Waals surface area contributed by atoms with Crippen molar-refractivity contribution in [3.05, 3.63) is 35.4 Å². The summed E-state index contributed by atoms with van der Waals surface area (Å²) >= 11 is 0. The van der Waals surface area contributed by atoms with Crippen LogP contribution in [0.3, 0.4) is 0 Å². The van der Waals surface area contributed by atoms with Crippen LogP contribution in [0.15, 0.2) is 29.3 Å². The Labute approximate surface area is 205 Å². The molecule has 1 aromatic carbocycles. The number of piperazine rings is 1. The Bertz CT molecular complexity index is 781. The number of nitrogens with one attached hydrogen (secondary N) is 1. The van der Waals surface area contributed by atoms with Crippen molar-refractivity contribution in [2.24, 2.45) is 4.99 Å². The molecule has 1 aromatic rings. The van der Waals surface area contributed by atoms with E-state index in [1.54, 1.807) is 7.05 Å². The van der Waals surface area contributed by atoms with Crippen molar-refractivity contribution in [3.8, 4) is 0 Å². The van der Waals surface area contributed by atoms with Gasteiger partial charge in [-0.3, -0.25) is 14.7 Å². The normalized spacial score (nSPS) is 18.6. The number of carbonyl (C=O) groups is 1. The highest BCUT2D eigenvalue weighted by Crippen LogP contribution is 2.25. The molecule has 3 rings (SSSR count). The van der Waals surface area contributed by atoms with Crippen LogP contribution in [0, 0.1) is 0 Å². The predicted molar refractivity (Wildman–Crippen MR) is 130 cm³/mol. The number of hydrogen-bond donors (Lipinski definition) is 1. The number of hydrogen-bond acceptors (Lipinski definition) is 3. The fraction of sp³-hybridized carbons (Fsp3) is 0.636. The second-order valence-corrected chi connectivity index (χ2v) is 8.15. The molecule has 2 aliphatic heterocycles. The minimum Gasteiger partial charge on any atom is -0.356 e. The number of guanidine groups is 1. The van der Waals surface area contributed by atoms with Gasteiger partial charge in [-0.15, -0.1) is 24.0 Å². The van der Waals surface area contributed by atoms with E-state index in [0.717, 1.165) is 13.0 Å². The number of aliphatic imine (C=N–C) groups is 1. The maximum atomic E-state index is 12.9.